The van der Waals surface area contributed by atoms with Gasteiger partial charge in [-0.2, -0.15) is 13.2 Å². The third-order valence-corrected chi connectivity index (χ3v) is 3.11. The zero-order chi connectivity index (χ0) is 18.4. The van der Waals surface area contributed by atoms with Crippen LogP contribution in [0.1, 0.15) is 19.4 Å². The summed E-state index contributed by atoms with van der Waals surface area (Å²) in [5.74, 6) is -2.33. The van der Waals surface area contributed by atoms with Crippen LogP contribution in [0.15, 0.2) is 24.3 Å². The Morgan fingerprint density at radius 1 is 1.21 bits per heavy atom. The van der Waals surface area contributed by atoms with Crippen LogP contribution in [0.2, 0.25) is 0 Å². The fourth-order valence-corrected chi connectivity index (χ4v) is 2.03. The Bertz CT molecular complexity index is 592. The minimum Gasteiger partial charge on any atom is -0.496 e. The van der Waals surface area contributed by atoms with Crippen LogP contribution in [0.25, 0.3) is 0 Å². The van der Waals surface area contributed by atoms with Gasteiger partial charge < -0.3 is 14.8 Å². The smallest absolute Gasteiger partial charge is 0.436 e. The Morgan fingerprint density at radius 2 is 1.83 bits per heavy atom. The standard InChI is InChI=1S/C15H19F3N2O4/c1-4-24-13(22)14(15(16,17)18,20-10(2)21)19-9-11-7-5-6-8-12(11)23-3/h5-8,19H,4,9H2,1-3H3,(H,20,21)/t14-/m1/s1. The molecular formula is C15H19F3N2O4. The lowest BCUT2D eigenvalue weighted by Gasteiger charge is -2.34. The fraction of sp³-hybridized carbons (Fsp3) is 0.467. The molecule has 1 aromatic carbocycles. The molecule has 2 N–H and O–H groups in total. The molecule has 1 aromatic rings. The summed E-state index contributed by atoms with van der Waals surface area (Å²) in [6, 6.07) is 6.36. The zero-order valence-corrected chi connectivity index (χ0v) is 13.5. The number of carbonyl (C=O) groups excluding carboxylic acids is 2. The van der Waals surface area contributed by atoms with Crippen LogP contribution < -0.4 is 15.4 Å². The van der Waals surface area contributed by atoms with E-state index in [2.05, 4.69) is 10.1 Å². The summed E-state index contributed by atoms with van der Waals surface area (Å²) in [6.45, 7) is 1.59. The molecule has 134 valence electrons. The van der Waals surface area contributed by atoms with E-state index >= 15 is 0 Å². The van der Waals surface area contributed by atoms with Gasteiger partial charge in [-0.05, 0) is 13.0 Å². The molecule has 1 rings (SSSR count). The summed E-state index contributed by atoms with van der Waals surface area (Å²) < 4.78 is 50.3. The Hall–Kier alpha value is -2.29. The number of alkyl halides is 3. The van der Waals surface area contributed by atoms with E-state index in [4.69, 9.17) is 4.74 Å². The van der Waals surface area contributed by atoms with Gasteiger partial charge in [-0.3, -0.25) is 10.1 Å². The zero-order valence-electron chi connectivity index (χ0n) is 13.5. The summed E-state index contributed by atoms with van der Waals surface area (Å²) >= 11 is 0. The van der Waals surface area contributed by atoms with Crippen LogP contribution >= 0.6 is 0 Å². The number of benzene rings is 1. The number of halogens is 3. The van der Waals surface area contributed by atoms with Crippen LogP contribution in [0.3, 0.4) is 0 Å². The first-order valence-corrected chi connectivity index (χ1v) is 7.07. The van der Waals surface area contributed by atoms with Crippen molar-refractivity contribution in [1.82, 2.24) is 10.6 Å². The SMILES string of the molecule is CCOC(=O)[C@@](NCc1ccccc1OC)(NC(C)=O)C(F)(F)F. The van der Waals surface area contributed by atoms with E-state index in [0.717, 1.165) is 6.92 Å². The summed E-state index contributed by atoms with van der Waals surface area (Å²) in [6.07, 6.45) is -5.12. The Labute approximate surface area is 137 Å². The number of hydrogen-bond donors (Lipinski definition) is 2. The van der Waals surface area contributed by atoms with E-state index in [1.54, 1.807) is 23.5 Å². The first-order valence-electron chi connectivity index (χ1n) is 7.07. The van der Waals surface area contributed by atoms with E-state index < -0.39 is 23.7 Å². The average molecular weight is 348 g/mol. The van der Waals surface area contributed by atoms with Crippen molar-refractivity contribution >= 4 is 11.9 Å². The largest absolute Gasteiger partial charge is 0.496 e. The number of methoxy groups -OCH3 is 1. The number of amides is 1. The van der Waals surface area contributed by atoms with E-state index in [1.807, 2.05) is 0 Å². The first kappa shape index (κ1) is 19.8. The van der Waals surface area contributed by atoms with Gasteiger partial charge in [0.15, 0.2) is 0 Å². The predicted octanol–water partition coefficient (Wildman–Crippen LogP) is 1.74. The highest BCUT2D eigenvalue weighted by atomic mass is 19.4. The minimum absolute atomic E-state index is 0.271. The summed E-state index contributed by atoms with van der Waals surface area (Å²) in [4.78, 5) is 23.2. The van der Waals surface area contributed by atoms with Crippen molar-refractivity contribution in [2.24, 2.45) is 0 Å². The molecule has 0 unspecified atom stereocenters. The quantitative estimate of drug-likeness (QED) is 0.580. The predicted molar refractivity (Wildman–Crippen MR) is 79.1 cm³/mol. The summed E-state index contributed by atoms with van der Waals surface area (Å²) in [5.41, 5.74) is -2.97. The van der Waals surface area contributed by atoms with Crippen LogP contribution in [-0.4, -0.2) is 37.4 Å². The maximum absolute atomic E-state index is 13.6. The van der Waals surface area contributed by atoms with Gasteiger partial charge in [0.05, 0.1) is 13.7 Å². The molecule has 0 radical (unpaired) electrons. The third-order valence-electron chi connectivity index (χ3n) is 3.11. The lowest BCUT2D eigenvalue weighted by molar-refractivity contribution is -0.221. The van der Waals surface area contributed by atoms with E-state index in [1.165, 1.54) is 20.1 Å². The average Bonchev–Trinajstić information content (AvgIpc) is 2.50. The molecule has 9 heteroatoms. The molecule has 0 spiro atoms. The highest BCUT2D eigenvalue weighted by molar-refractivity contribution is 5.87. The van der Waals surface area contributed by atoms with Crippen molar-refractivity contribution < 1.29 is 32.2 Å². The molecule has 0 aliphatic carbocycles. The molecule has 0 fully saturated rings. The van der Waals surface area contributed by atoms with Gasteiger partial charge in [0.2, 0.25) is 5.91 Å². The van der Waals surface area contributed by atoms with E-state index in [9.17, 15) is 22.8 Å². The van der Waals surface area contributed by atoms with Crippen molar-refractivity contribution in [3.05, 3.63) is 29.8 Å². The number of rotatable bonds is 7. The first-order chi connectivity index (χ1) is 11.2. The maximum atomic E-state index is 13.6. The number of carbonyl (C=O) groups is 2. The van der Waals surface area contributed by atoms with Gasteiger partial charge in [-0.1, -0.05) is 18.2 Å². The second-order valence-corrected chi connectivity index (χ2v) is 4.81. The molecule has 6 nitrogen and oxygen atoms in total. The molecule has 0 aliphatic rings. The van der Waals surface area contributed by atoms with E-state index in [0.29, 0.717) is 11.3 Å². The van der Waals surface area contributed by atoms with Gasteiger partial charge in [0.1, 0.15) is 5.75 Å². The van der Waals surface area contributed by atoms with Crippen LogP contribution in [0.5, 0.6) is 5.75 Å². The Kier molecular flexibility index (Phi) is 6.59. The topological polar surface area (TPSA) is 76.7 Å². The minimum atomic E-state index is -5.12. The highest BCUT2D eigenvalue weighted by Crippen LogP contribution is 2.31. The molecule has 0 bridgehead atoms. The monoisotopic (exact) mass is 348 g/mol. The lowest BCUT2D eigenvalue weighted by Crippen LogP contribution is -2.72. The van der Waals surface area contributed by atoms with Crippen molar-refractivity contribution in [3.8, 4) is 5.75 Å². The molecular weight excluding hydrogens is 329 g/mol. The van der Waals surface area contributed by atoms with Crippen LogP contribution in [0, 0.1) is 0 Å². The summed E-state index contributed by atoms with van der Waals surface area (Å²) in [5, 5.41) is 3.70. The molecule has 0 heterocycles. The molecule has 1 amide bonds. The highest BCUT2D eigenvalue weighted by Gasteiger charge is 2.62. The molecule has 0 saturated heterocycles. The molecule has 1 atom stereocenters. The summed E-state index contributed by atoms with van der Waals surface area (Å²) in [7, 11) is 1.37. The molecule has 0 aliphatic heterocycles. The van der Waals surface area contributed by atoms with Crippen LogP contribution in [0.4, 0.5) is 13.2 Å². The van der Waals surface area contributed by atoms with Crippen molar-refractivity contribution in [2.75, 3.05) is 13.7 Å². The van der Waals surface area contributed by atoms with Crippen molar-refractivity contribution in [3.63, 3.8) is 0 Å². The Balaban J connectivity index is 3.21. The second kappa shape index (κ2) is 8.00. The second-order valence-electron chi connectivity index (χ2n) is 4.81. The van der Waals surface area contributed by atoms with Gasteiger partial charge in [-0.15, -0.1) is 0 Å². The van der Waals surface area contributed by atoms with Gasteiger partial charge in [0, 0.05) is 19.0 Å². The molecule has 24 heavy (non-hydrogen) atoms. The molecule has 0 saturated carbocycles. The van der Waals surface area contributed by atoms with Gasteiger partial charge in [0.25, 0.3) is 5.66 Å². The number of esters is 1. The fourth-order valence-electron chi connectivity index (χ4n) is 2.03. The van der Waals surface area contributed by atoms with Gasteiger partial charge in [-0.25, -0.2) is 4.79 Å². The number of para-hydroxylation sites is 1. The van der Waals surface area contributed by atoms with Crippen molar-refractivity contribution in [1.29, 1.82) is 0 Å². The normalized spacial score (nSPS) is 13.8. The number of ether oxygens (including phenoxy) is 2. The number of hydrogen-bond acceptors (Lipinski definition) is 5. The van der Waals surface area contributed by atoms with Gasteiger partial charge >= 0.3 is 12.1 Å². The van der Waals surface area contributed by atoms with Crippen LogP contribution in [-0.2, 0) is 20.9 Å². The third kappa shape index (κ3) is 4.38. The lowest BCUT2D eigenvalue weighted by atomic mass is 10.1. The number of nitrogens with one attached hydrogen (secondary N) is 2. The van der Waals surface area contributed by atoms with E-state index in [-0.39, 0.29) is 13.2 Å². The maximum Gasteiger partial charge on any atom is 0.436 e. The van der Waals surface area contributed by atoms with Crippen molar-refractivity contribution in [2.45, 2.75) is 32.2 Å². The molecule has 0 aromatic heterocycles. The Morgan fingerprint density at radius 3 is 2.33 bits per heavy atom.